The Labute approximate surface area is 137 Å². The van der Waals surface area contributed by atoms with E-state index in [1.807, 2.05) is 0 Å². The molecule has 2 fully saturated rings. The molecule has 1 saturated heterocycles. The molecule has 0 spiro atoms. The van der Waals surface area contributed by atoms with Crippen molar-refractivity contribution in [1.82, 2.24) is 10.2 Å². The van der Waals surface area contributed by atoms with Crippen molar-refractivity contribution in [3.63, 3.8) is 0 Å². The fourth-order valence-corrected chi connectivity index (χ4v) is 3.03. The molecular weight excluding hydrogens is 356 g/mol. The molecule has 1 saturated carbocycles. The van der Waals surface area contributed by atoms with Gasteiger partial charge in [-0.05, 0) is 59.8 Å². The monoisotopic (exact) mass is 370 g/mol. The van der Waals surface area contributed by atoms with Gasteiger partial charge in [0.1, 0.15) is 6.04 Å². The van der Waals surface area contributed by atoms with Gasteiger partial charge >= 0.3 is 0 Å². The van der Waals surface area contributed by atoms with E-state index in [1.165, 1.54) is 0 Å². The SMILES string of the molecule is O=C(NC1CC1)C1CCCN1C(=O)c1ccc(Br)c(Cl)c1. The third-order valence-electron chi connectivity index (χ3n) is 3.91. The third-order valence-corrected chi connectivity index (χ3v) is 5.14. The van der Waals surface area contributed by atoms with Crippen LogP contribution in [0.25, 0.3) is 0 Å². The minimum Gasteiger partial charge on any atom is -0.352 e. The predicted molar refractivity (Wildman–Crippen MR) is 84.4 cm³/mol. The Bertz CT molecular complexity index is 589. The molecule has 0 radical (unpaired) electrons. The van der Waals surface area contributed by atoms with E-state index in [-0.39, 0.29) is 17.9 Å². The number of likely N-dealkylation sites (tertiary alicyclic amines) is 1. The van der Waals surface area contributed by atoms with Gasteiger partial charge < -0.3 is 10.2 Å². The molecule has 2 amide bonds. The summed E-state index contributed by atoms with van der Waals surface area (Å²) in [4.78, 5) is 26.5. The Morgan fingerprint density at radius 1 is 1.29 bits per heavy atom. The molecule has 1 aromatic carbocycles. The highest BCUT2D eigenvalue weighted by Crippen LogP contribution is 2.27. The van der Waals surface area contributed by atoms with Gasteiger partial charge in [0.05, 0.1) is 5.02 Å². The van der Waals surface area contributed by atoms with Gasteiger partial charge in [-0.2, -0.15) is 0 Å². The Morgan fingerprint density at radius 3 is 2.71 bits per heavy atom. The molecule has 4 nitrogen and oxygen atoms in total. The molecule has 6 heteroatoms. The normalized spacial score (nSPS) is 21.4. The van der Waals surface area contributed by atoms with Gasteiger partial charge in [-0.15, -0.1) is 0 Å². The van der Waals surface area contributed by atoms with E-state index in [4.69, 9.17) is 11.6 Å². The Kier molecular flexibility index (Phi) is 4.22. The number of hydrogen-bond donors (Lipinski definition) is 1. The Balaban J connectivity index is 1.75. The van der Waals surface area contributed by atoms with Crippen molar-refractivity contribution in [1.29, 1.82) is 0 Å². The summed E-state index contributed by atoms with van der Waals surface area (Å²) in [6.45, 7) is 0.620. The van der Waals surface area contributed by atoms with E-state index < -0.39 is 0 Å². The lowest BCUT2D eigenvalue weighted by atomic mass is 10.1. The van der Waals surface area contributed by atoms with Gasteiger partial charge in [0.2, 0.25) is 5.91 Å². The molecule has 1 N–H and O–H groups in total. The number of rotatable bonds is 3. The zero-order valence-electron chi connectivity index (χ0n) is 11.4. The van der Waals surface area contributed by atoms with Gasteiger partial charge in [-0.3, -0.25) is 9.59 Å². The molecule has 1 heterocycles. The van der Waals surface area contributed by atoms with E-state index in [0.717, 1.165) is 30.2 Å². The second kappa shape index (κ2) is 5.97. The van der Waals surface area contributed by atoms with E-state index in [1.54, 1.807) is 23.1 Å². The molecule has 1 aromatic rings. The summed E-state index contributed by atoms with van der Waals surface area (Å²) in [6, 6.07) is 5.09. The summed E-state index contributed by atoms with van der Waals surface area (Å²) in [5.74, 6) is -0.149. The molecule has 21 heavy (non-hydrogen) atoms. The van der Waals surface area contributed by atoms with Crippen LogP contribution < -0.4 is 5.32 Å². The van der Waals surface area contributed by atoms with E-state index >= 15 is 0 Å². The van der Waals surface area contributed by atoms with Crippen molar-refractivity contribution in [2.45, 2.75) is 37.8 Å². The maximum Gasteiger partial charge on any atom is 0.254 e. The minimum atomic E-state index is -0.347. The van der Waals surface area contributed by atoms with Gasteiger partial charge in [0, 0.05) is 22.6 Å². The first-order valence-corrected chi connectivity index (χ1v) is 8.30. The number of halogens is 2. The van der Waals surface area contributed by atoms with E-state index in [9.17, 15) is 9.59 Å². The molecular formula is C15H16BrClN2O2. The number of benzene rings is 1. The quantitative estimate of drug-likeness (QED) is 0.888. The molecule has 3 rings (SSSR count). The first-order chi connectivity index (χ1) is 10.1. The zero-order chi connectivity index (χ0) is 15.0. The van der Waals surface area contributed by atoms with Gasteiger partial charge in [-0.25, -0.2) is 0 Å². The molecule has 2 aliphatic rings. The van der Waals surface area contributed by atoms with Crippen LogP contribution in [0.5, 0.6) is 0 Å². The largest absolute Gasteiger partial charge is 0.352 e. The summed E-state index contributed by atoms with van der Waals surface area (Å²) in [5, 5.41) is 3.49. The Hall–Kier alpha value is -1.07. The average Bonchev–Trinajstić information content (AvgIpc) is 3.14. The molecule has 1 aliphatic heterocycles. The fourth-order valence-electron chi connectivity index (χ4n) is 2.60. The second-order valence-electron chi connectivity index (χ2n) is 5.57. The first kappa shape index (κ1) is 14.9. The number of amides is 2. The second-order valence-corrected chi connectivity index (χ2v) is 6.83. The summed E-state index contributed by atoms with van der Waals surface area (Å²) < 4.78 is 0.755. The minimum absolute atomic E-state index is 0.0217. The van der Waals surface area contributed by atoms with Crippen molar-refractivity contribution >= 4 is 39.3 Å². The standard InChI is InChI=1S/C15H16BrClN2O2/c16-11-6-3-9(8-12(11)17)15(21)19-7-1-2-13(19)14(20)18-10-4-5-10/h3,6,8,10,13H,1-2,4-5,7H2,(H,18,20). The van der Waals surface area contributed by atoms with Crippen LogP contribution in [0, 0.1) is 0 Å². The van der Waals surface area contributed by atoms with Gasteiger partial charge in [-0.1, -0.05) is 11.6 Å². The highest BCUT2D eigenvalue weighted by molar-refractivity contribution is 9.10. The molecule has 1 unspecified atom stereocenters. The molecule has 112 valence electrons. The van der Waals surface area contributed by atoms with E-state index in [0.29, 0.717) is 23.2 Å². The lowest BCUT2D eigenvalue weighted by molar-refractivity contribution is -0.125. The number of carbonyl (C=O) groups excluding carboxylic acids is 2. The van der Waals surface area contributed by atoms with Crippen LogP contribution in [-0.2, 0) is 4.79 Å². The number of carbonyl (C=O) groups is 2. The number of nitrogens with zero attached hydrogens (tertiary/aromatic N) is 1. The topological polar surface area (TPSA) is 49.4 Å². The molecule has 1 atom stereocenters. The van der Waals surface area contributed by atoms with Crippen LogP contribution in [0.3, 0.4) is 0 Å². The number of hydrogen-bond acceptors (Lipinski definition) is 2. The maximum atomic E-state index is 12.6. The van der Waals surface area contributed by atoms with Crippen LogP contribution in [0.15, 0.2) is 22.7 Å². The average molecular weight is 372 g/mol. The van der Waals surface area contributed by atoms with Crippen molar-refractivity contribution < 1.29 is 9.59 Å². The summed E-state index contributed by atoms with van der Waals surface area (Å²) in [7, 11) is 0. The van der Waals surface area contributed by atoms with Crippen molar-refractivity contribution in [3.8, 4) is 0 Å². The van der Waals surface area contributed by atoms with Crippen molar-refractivity contribution in [2.24, 2.45) is 0 Å². The van der Waals surface area contributed by atoms with Crippen molar-refractivity contribution in [2.75, 3.05) is 6.54 Å². The molecule has 1 aliphatic carbocycles. The zero-order valence-corrected chi connectivity index (χ0v) is 13.8. The smallest absolute Gasteiger partial charge is 0.254 e. The predicted octanol–water partition coefficient (Wildman–Crippen LogP) is 2.99. The first-order valence-electron chi connectivity index (χ1n) is 7.12. The van der Waals surface area contributed by atoms with E-state index in [2.05, 4.69) is 21.2 Å². The van der Waals surface area contributed by atoms with Crippen LogP contribution in [0.1, 0.15) is 36.0 Å². The van der Waals surface area contributed by atoms with Gasteiger partial charge in [0.15, 0.2) is 0 Å². The summed E-state index contributed by atoms with van der Waals surface area (Å²) in [5.41, 5.74) is 0.523. The maximum absolute atomic E-state index is 12.6. The van der Waals surface area contributed by atoms with Gasteiger partial charge in [0.25, 0.3) is 5.91 Å². The van der Waals surface area contributed by atoms with Crippen LogP contribution in [0.2, 0.25) is 5.02 Å². The van der Waals surface area contributed by atoms with Crippen molar-refractivity contribution in [3.05, 3.63) is 33.3 Å². The number of nitrogens with one attached hydrogen (secondary N) is 1. The van der Waals surface area contributed by atoms with Crippen LogP contribution in [-0.4, -0.2) is 35.3 Å². The fraction of sp³-hybridized carbons (Fsp3) is 0.467. The summed E-state index contributed by atoms with van der Waals surface area (Å²) in [6.07, 6.45) is 3.69. The van der Waals surface area contributed by atoms with Crippen LogP contribution >= 0.6 is 27.5 Å². The highest BCUT2D eigenvalue weighted by Gasteiger charge is 2.36. The highest BCUT2D eigenvalue weighted by atomic mass is 79.9. The van der Waals surface area contributed by atoms with Crippen LogP contribution in [0.4, 0.5) is 0 Å². The lowest BCUT2D eigenvalue weighted by Gasteiger charge is -2.24. The molecule has 0 aromatic heterocycles. The Morgan fingerprint density at radius 2 is 2.05 bits per heavy atom. The third kappa shape index (κ3) is 3.24. The lowest BCUT2D eigenvalue weighted by Crippen LogP contribution is -2.46. The molecule has 0 bridgehead atoms. The summed E-state index contributed by atoms with van der Waals surface area (Å²) >= 11 is 9.35.